The van der Waals surface area contributed by atoms with Crippen LogP contribution in [-0.4, -0.2) is 10.8 Å². The lowest BCUT2D eigenvalue weighted by Crippen LogP contribution is -2.65. The van der Waals surface area contributed by atoms with Gasteiger partial charge in [-0.05, 0) is 61.6 Å². The van der Waals surface area contributed by atoms with Gasteiger partial charge in [-0.25, -0.2) is 8.78 Å². The highest BCUT2D eigenvalue weighted by Crippen LogP contribution is 2.45. The van der Waals surface area contributed by atoms with Gasteiger partial charge in [0, 0.05) is 17.7 Å². The molecule has 6 heteroatoms. The van der Waals surface area contributed by atoms with Crippen LogP contribution in [0, 0.1) is 11.6 Å². The topological polar surface area (TPSA) is 24.5 Å². The van der Waals surface area contributed by atoms with Crippen molar-refractivity contribution in [3.63, 3.8) is 0 Å². The van der Waals surface area contributed by atoms with Gasteiger partial charge in [0.2, 0.25) is 0 Å². The van der Waals surface area contributed by atoms with Crippen LogP contribution in [0.1, 0.15) is 24.9 Å². The number of benzene rings is 2. The Labute approximate surface area is 137 Å². The van der Waals surface area contributed by atoms with Crippen LogP contribution in [0.2, 0.25) is 0 Å². The molecule has 0 saturated carbocycles. The monoisotopic (exact) mass is 332 g/mol. The minimum Gasteiger partial charge on any atom is -0.467 e. The number of hydrogen-bond acceptors (Lipinski definition) is 2. The highest BCUT2D eigenvalue weighted by atomic mass is 32.1. The summed E-state index contributed by atoms with van der Waals surface area (Å²) in [6.45, 7) is 1.93. The highest BCUT2D eigenvalue weighted by molar-refractivity contribution is 7.80. The summed E-state index contributed by atoms with van der Waals surface area (Å²) in [6, 6.07) is 10.5. The normalized spacial score (nSPS) is 25.4. The molecule has 2 aliphatic heterocycles. The van der Waals surface area contributed by atoms with Crippen LogP contribution < -0.4 is 15.0 Å². The second-order valence-electron chi connectivity index (χ2n) is 5.98. The van der Waals surface area contributed by atoms with Gasteiger partial charge in [-0.15, -0.1) is 0 Å². The summed E-state index contributed by atoms with van der Waals surface area (Å²) in [5, 5.41) is 3.71. The van der Waals surface area contributed by atoms with E-state index in [1.165, 1.54) is 24.3 Å². The van der Waals surface area contributed by atoms with Crippen molar-refractivity contribution in [2.75, 3.05) is 4.90 Å². The summed E-state index contributed by atoms with van der Waals surface area (Å²) in [7, 11) is 0. The van der Waals surface area contributed by atoms with E-state index in [-0.39, 0.29) is 17.7 Å². The smallest absolute Gasteiger partial charge is 0.188 e. The second-order valence-corrected chi connectivity index (χ2v) is 6.36. The van der Waals surface area contributed by atoms with Crippen molar-refractivity contribution in [2.45, 2.75) is 25.1 Å². The number of hydrogen-bond donors (Lipinski definition) is 1. The van der Waals surface area contributed by atoms with Crippen LogP contribution in [0.15, 0.2) is 42.5 Å². The van der Waals surface area contributed by atoms with Crippen LogP contribution in [0.3, 0.4) is 0 Å². The Hall–Kier alpha value is -2.21. The average molecular weight is 332 g/mol. The van der Waals surface area contributed by atoms with Gasteiger partial charge in [-0.3, -0.25) is 4.90 Å². The van der Waals surface area contributed by atoms with Crippen molar-refractivity contribution in [3.05, 3.63) is 59.7 Å². The fourth-order valence-electron chi connectivity index (χ4n) is 3.33. The molecule has 2 unspecified atom stereocenters. The Morgan fingerprint density at radius 1 is 1.17 bits per heavy atom. The quantitative estimate of drug-likeness (QED) is 0.801. The first kappa shape index (κ1) is 14.4. The van der Waals surface area contributed by atoms with E-state index in [2.05, 4.69) is 5.32 Å². The number of thiocarbonyl (C=S) groups is 1. The summed E-state index contributed by atoms with van der Waals surface area (Å²) >= 11 is 5.48. The number of fused-ring (bicyclic) bond motifs is 4. The van der Waals surface area contributed by atoms with Crippen molar-refractivity contribution >= 4 is 23.0 Å². The van der Waals surface area contributed by atoms with Crippen LogP contribution in [0.5, 0.6) is 5.75 Å². The molecule has 2 heterocycles. The lowest BCUT2D eigenvalue weighted by Gasteiger charge is -2.52. The molecule has 2 atom stereocenters. The van der Waals surface area contributed by atoms with E-state index in [1.54, 1.807) is 18.2 Å². The Kier molecular flexibility index (Phi) is 3.06. The lowest BCUT2D eigenvalue weighted by molar-refractivity contribution is 0.0495. The first-order valence-electron chi connectivity index (χ1n) is 7.31. The third-order valence-corrected chi connectivity index (χ3v) is 4.62. The molecule has 0 aromatic heterocycles. The zero-order chi connectivity index (χ0) is 16.2. The molecule has 2 aliphatic rings. The number of nitrogens with one attached hydrogen (secondary N) is 1. The zero-order valence-electron chi connectivity index (χ0n) is 12.3. The molecule has 4 rings (SSSR count). The molecule has 2 bridgehead atoms. The third kappa shape index (κ3) is 2.25. The zero-order valence-corrected chi connectivity index (χ0v) is 13.2. The highest BCUT2D eigenvalue weighted by Gasteiger charge is 2.48. The van der Waals surface area contributed by atoms with Crippen LogP contribution in [0.4, 0.5) is 14.5 Å². The minimum atomic E-state index is -0.713. The van der Waals surface area contributed by atoms with Crippen molar-refractivity contribution in [1.82, 2.24) is 5.32 Å². The summed E-state index contributed by atoms with van der Waals surface area (Å²) in [6.07, 6.45) is 0.598. The van der Waals surface area contributed by atoms with E-state index >= 15 is 0 Å². The first-order chi connectivity index (χ1) is 11.0. The van der Waals surface area contributed by atoms with E-state index < -0.39 is 5.72 Å². The molecule has 23 heavy (non-hydrogen) atoms. The summed E-state index contributed by atoms with van der Waals surface area (Å²) in [5.41, 5.74) is 0.800. The average Bonchev–Trinajstić information content (AvgIpc) is 2.49. The van der Waals surface area contributed by atoms with Gasteiger partial charge >= 0.3 is 0 Å². The molecule has 2 aromatic rings. The predicted octanol–water partition coefficient (Wildman–Crippen LogP) is 3.90. The molecule has 3 nitrogen and oxygen atoms in total. The molecule has 1 fully saturated rings. The minimum absolute atomic E-state index is 0.108. The molecular weight excluding hydrogens is 318 g/mol. The van der Waals surface area contributed by atoms with Gasteiger partial charge in [-0.1, -0.05) is 0 Å². The number of ether oxygens (including phenoxy) is 1. The maximum Gasteiger partial charge on any atom is 0.188 e. The summed E-state index contributed by atoms with van der Waals surface area (Å²) in [5.74, 6) is 0.0231. The van der Waals surface area contributed by atoms with Gasteiger partial charge in [0.25, 0.3) is 0 Å². The number of nitrogens with zero attached hydrogens (tertiary/aromatic N) is 1. The predicted molar refractivity (Wildman–Crippen MR) is 87.4 cm³/mol. The second kappa shape index (κ2) is 4.89. The Morgan fingerprint density at radius 3 is 2.61 bits per heavy atom. The van der Waals surface area contributed by atoms with Gasteiger partial charge in [0.15, 0.2) is 10.8 Å². The van der Waals surface area contributed by atoms with Gasteiger partial charge in [-0.2, -0.15) is 0 Å². The summed E-state index contributed by atoms with van der Waals surface area (Å²) < 4.78 is 32.9. The maximum atomic E-state index is 13.5. The number of halogens is 2. The van der Waals surface area contributed by atoms with E-state index in [4.69, 9.17) is 17.0 Å². The molecule has 0 amide bonds. The summed E-state index contributed by atoms with van der Waals surface area (Å²) in [4.78, 5) is 1.84. The fourth-order valence-corrected chi connectivity index (χ4v) is 3.77. The van der Waals surface area contributed by atoms with Crippen molar-refractivity contribution < 1.29 is 13.5 Å². The maximum absolute atomic E-state index is 13.5. The van der Waals surface area contributed by atoms with E-state index in [9.17, 15) is 8.78 Å². The Morgan fingerprint density at radius 2 is 1.87 bits per heavy atom. The molecule has 2 aromatic carbocycles. The van der Waals surface area contributed by atoms with Crippen LogP contribution in [0.25, 0.3) is 0 Å². The molecule has 0 aliphatic carbocycles. The van der Waals surface area contributed by atoms with E-state index in [1.807, 2.05) is 11.8 Å². The number of anilines is 1. The van der Waals surface area contributed by atoms with Crippen molar-refractivity contribution in [3.8, 4) is 5.75 Å². The Bertz CT molecular complexity index is 796. The molecule has 0 radical (unpaired) electrons. The van der Waals surface area contributed by atoms with Gasteiger partial charge < -0.3 is 10.1 Å². The van der Waals surface area contributed by atoms with E-state index in [0.29, 0.717) is 17.3 Å². The standard InChI is InChI=1S/C17H14F2N2OS/c1-17-9-14(13-8-11(19)4-7-15(13)22-17)20-16(23)21(17)12-5-2-10(18)3-6-12/h2-8,14H,9H2,1H3,(H,20,23). The molecule has 118 valence electrons. The van der Waals surface area contributed by atoms with Gasteiger partial charge in [0.1, 0.15) is 17.4 Å². The number of rotatable bonds is 1. The molecule has 1 saturated heterocycles. The lowest BCUT2D eigenvalue weighted by atomic mass is 9.90. The van der Waals surface area contributed by atoms with Crippen LogP contribution >= 0.6 is 12.2 Å². The molecule has 1 N–H and O–H groups in total. The van der Waals surface area contributed by atoms with Crippen molar-refractivity contribution in [1.29, 1.82) is 0 Å². The Balaban J connectivity index is 1.79. The molecular formula is C17H14F2N2OS. The van der Waals surface area contributed by atoms with Crippen molar-refractivity contribution in [2.24, 2.45) is 0 Å². The largest absolute Gasteiger partial charge is 0.467 e. The SMILES string of the molecule is CC12CC(NC(=S)N1c1ccc(F)cc1)c1cc(F)ccc1O2. The van der Waals surface area contributed by atoms with Crippen LogP contribution in [-0.2, 0) is 0 Å². The fraction of sp³-hybridized carbons (Fsp3) is 0.235. The van der Waals surface area contributed by atoms with Gasteiger partial charge in [0.05, 0.1) is 6.04 Å². The third-order valence-electron chi connectivity index (χ3n) is 4.32. The molecule has 0 spiro atoms. The first-order valence-corrected chi connectivity index (χ1v) is 7.72. The van der Waals surface area contributed by atoms with E-state index in [0.717, 1.165) is 11.3 Å².